The van der Waals surface area contributed by atoms with Crippen LogP contribution >= 0.6 is 0 Å². The molecule has 1 amide bonds. The summed E-state index contributed by atoms with van der Waals surface area (Å²) in [5.74, 6) is -0.717. The number of ether oxygens (including phenoxy) is 2. The van der Waals surface area contributed by atoms with Gasteiger partial charge in [-0.25, -0.2) is 8.42 Å². The van der Waals surface area contributed by atoms with Crippen molar-refractivity contribution >= 4 is 21.6 Å². The molecule has 1 aliphatic rings. The summed E-state index contributed by atoms with van der Waals surface area (Å²) in [6.45, 7) is -0.848. The zero-order chi connectivity index (χ0) is 22.6. The molecule has 3 rings (SSSR count). The van der Waals surface area contributed by atoms with Gasteiger partial charge in [-0.15, -0.1) is 0 Å². The van der Waals surface area contributed by atoms with Crippen molar-refractivity contribution in [2.24, 2.45) is 0 Å². The number of carbonyl (C=O) groups is 1. The van der Waals surface area contributed by atoms with Gasteiger partial charge in [0, 0.05) is 37.4 Å². The molecule has 0 saturated carbocycles. The highest BCUT2D eigenvalue weighted by molar-refractivity contribution is 7.89. The minimum Gasteiger partial charge on any atom is -0.493 e. The third-order valence-corrected chi connectivity index (χ3v) is 6.77. The van der Waals surface area contributed by atoms with Crippen molar-refractivity contribution in [2.75, 3.05) is 45.7 Å². The molecule has 0 aliphatic carbocycles. The number of hydrogen-bond donors (Lipinski definition) is 1. The number of carbonyl (C=O) groups excluding carboxylic acids is 1. The van der Waals surface area contributed by atoms with E-state index >= 15 is 0 Å². The van der Waals surface area contributed by atoms with Crippen molar-refractivity contribution < 1.29 is 31.5 Å². The van der Waals surface area contributed by atoms with Crippen LogP contribution in [0.5, 0.6) is 11.5 Å². The first-order chi connectivity index (χ1) is 14.7. The van der Waals surface area contributed by atoms with Crippen LogP contribution in [0.2, 0.25) is 0 Å². The molecule has 1 fully saturated rings. The summed E-state index contributed by atoms with van der Waals surface area (Å²) in [7, 11) is -0.391. The monoisotopic (exact) mass is 455 g/mol. The molecule has 1 aliphatic heterocycles. The average molecular weight is 455 g/mol. The molecule has 0 bridgehead atoms. The Morgan fingerprint density at radius 2 is 1.68 bits per heavy atom. The molecule has 31 heavy (non-hydrogen) atoms. The summed E-state index contributed by atoms with van der Waals surface area (Å²) in [5, 5.41) is 2.64. The first kappa shape index (κ1) is 22.9. The maximum atomic E-state index is 12.8. The number of piperazine rings is 1. The number of sulfonamides is 1. The minimum atomic E-state index is -3.60. The summed E-state index contributed by atoms with van der Waals surface area (Å²) in [6.07, 6.45) is 0. The SMILES string of the molecule is COc1cc(C(=O)Nc2ccc(S(=O)(=O)N3CCN(C)CC3)cc2)ccc1OC(F)F. The van der Waals surface area contributed by atoms with E-state index in [0.717, 1.165) is 0 Å². The molecule has 0 unspecified atom stereocenters. The van der Waals surface area contributed by atoms with Crippen LogP contribution in [-0.2, 0) is 10.0 Å². The standard InChI is InChI=1S/C20H23F2N3O5S/c1-24-9-11-25(12-10-24)31(27,28)16-6-4-15(5-7-16)23-19(26)14-3-8-17(30-20(21)22)18(13-14)29-2/h3-8,13,20H,9-12H2,1-2H3,(H,23,26). The molecule has 168 valence electrons. The van der Waals surface area contributed by atoms with E-state index < -0.39 is 22.5 Å². The second-order valence-corrected chi connectivity index (χ2v) is 8.87. The Bertz CT molecular complexity index is 1020. The van der Waals surface area contributed by atoms with E-state index in [0.29, 0.717) is 31.9 Å². The first-order valence-corrected chi connectivity index (χ1v) is 10.9. The maximum Gasteiger partial charge on any atom is 0.387 e. The van der Waals surface area contributed by atoms with Gasteiger partial charge in [0.2, 0.25) is 10.0 Å². The molecule has 1 saturated heterocycles. The molecule has 11 heteroatoms. The minimum absolute atomic E-state index is 0.0124. The Morgan fingerprint density at radius 3 is 2.26 bits per heavy atom. The van der Waals surface area contributed by atoms with E-state index in [1.54, 1.807) is 0 Å². The zero-order valence-corrected chi connectivity index (χ0v) is 17.9. The van der Waals surface area contributed by atoms with Gasteiger partial charge in [-0.05, 0) is 49.5 Å². The highest BCUT2D eigenvalue weighted by Crippen LogP contribution is 2.30. The molecule has 0 atom stereocenters. The number of amides is 1. The fourth-order valence-electron chi connectivity index (χ4n) is 3.09. The molecule has 0 spiro atoms. The van der Waals surface area contributed by atoms with Crippen LogP contribution in [0.4, 0.5) is 14.5 Å². The number of benzene rings is 2. The van der Waals surface area contributed by atoms with Crippen LogP contribution in [0.1, 0.15) is 10.4 Å². The van der Waals surface area contributed by atoms with Crippen LogP contribution in [0.3, 0.4) is 0 Å². The smallest absolute Gasteiger partial charge is 0.387 e. The van der Waals surface area contributed by atoms with Gasteiger partial charge in [0.05, 0.1) is 12.0 Å². The van der Waals surface area contributed by atoms with E-state index in [1.165, 1.54) is 53.9 Å². The van der Waals surface area contributed by atoms with Gasteiger partial charge in [-0.3, -0.25) is 4.79 Å². The lowest BCUT2D eigenvalue weighted by Crippen LogP contribution is -2.46. The van der Waals surface area contributed by atoms with Crippen LogP contribution in [0.25, 0.3) is 0 Å². The summed E-state index contributed by atoms with van der Waals surface area (Å²) >= 11 is 0. The third-order valence-electron chi connectivity index (χ3n) is 4.85. The quantitative estimate of drug-likeness (QED) is 0.690. The Morgan fingerprint density at radius 1 is 1.03 bits per heavy atom. The summed E-state index contributed by atoms with van der Waals surface area (Å²) in [4.78, 5) is 14.7. The van der Waals surface area contributed by atoms with Crippen molar-refractivity contribution in [2.45, 2.75) is 11.5 Å². The van der Waals surface area contributed by atoms with Crippen LogP contribution < -0.4 is 14.8 Å². The topological polar surface area (TPSA) is 88.2 Å². The van der Waals surface area contributed by atoms with E-state index in [1.807, 2.05) is 7.05 Å². The number of anilines is 1. The van der Waals surface area contributed by atoms with Crippen LogP contribution in [0, 0.1) is 0 Å². The van der Waals surface area contributed by atoms with Gasteiger partial charge in [-0.1, -0.05) is 0 Å². The molecule has 2 aromatic rings. The second kappa shape index (κ2) is 9.58. The van der Waals surface area contributed by atoms with Crippen molar-refractivity contribution in [1.82, 2.24) is 9.21 Å². The van der Waals surface area contributed by atoms with Crippen molar-refractivity contribution in [3.8, 4) is 11.5 Å². The fourth-order valence-corrected chi connectivity index (χ4v) is 4.52. The summed E-state index contributed by atoms with van der Waals surface area (Å²) in [5.41, 5.74) is 0.543. The van der Waals surface area contributed by atoms with Crippen LogP contribution in [0.15, 0.2) is 47.4 Å². The predicted molar refractivity (Wildman–Crippen MR) is 110 cm³/mol. The first-order valence-electron chi connectivity index (χ1n) is 9.43. The highest BCUT2D eigenvalue weighted by atomic mass is 32.2. The second-order valence-electron chi connectivity index (χ2n) is 6.93. The molecular weight excluding hydrogens is 432 g/mol. The molecule has 0 aromatic heterocycles. The largest absolute Gasteiger partial charge is 0.493 e. The normalized spacial score (nSPS) is 15.6. The van der Waals surface area contributed by atoms with Gasteiger partial charge >= 0.3 is 6.61 Å². The van der Waals surface area contributed by atoms with Gasteiger partial charge in [0.15, 0.2) is 11.5 Å². The van der Waals surface area contributed by atoms with Crippen LogP contribution in [-0.4, -0.2) is 70.5 Å². The molecular formula is C20H23F2N3O5S. The number of nitrogens with one attached hydrogen (secondary N) is 1. The van der Waals surface area contributed by atoms with E-state index in [-0.39, 0.29) is 22.0 Å². The van der Waals surface area contributed by atoms with Gasteiger partial charge in [0.1, 0.15) is 0 Å². The third kappa shape index (κ3) is 5.49. The fraction of sp³-hybridized carbons (Fsp3) is 0.350. The lowest BCUT2D eigenvalue weighted by Gasteiger charge is -2.31. The Balaban J connectivity index is 1.70. The summed E-state index contributed by atoms with van der Waals surface area (Å²) in [6, 6.07) is 9.66. The average Bonchev–Trinajstić information content (AvgIpc) is 2.74. The van der Waals surface area contributed by atoms with Gasteiger partial charge < -0.3 is 19.7 Å². The maximum absolute atomic E-state index is 12.8. The Labute approximate surface area is 179 Å². The molecule has 1 heterocycles. The molecule has 0 radical (unpaired) electrons. The Hall–Kier alpha value is -2.76. The van der Waals surface area contributed by atoms with Gasteiger partial charge in [0.25, 0.3) is 5.91 Å². The van der Waals surface area contributed by atoms with Crippen molar-refractivity contribution in [3.63, 3.8) is 0 Å². The van der Waals surface area contributed by atoms with Crippen molar-refractivity contribution in [1.29, 1.82) is 0 Å². The van der Waals surface area contributed by atoms with Gasteiger partial charge in [-0.2, -0.15) is 13.1 Å². The lowest BCUT2D eigenvalue weighted by atomic mass is 10.2. The molecule has 8 nitrogen and oxygen atoms in total. The van der Waals surface area contributed by atoms with E-state index in [4.69, 9.17) is 4.74 Å². The summed E-state index contributed by atoms with van der Waals surface area (Å²) < 4.78 is 61.2. The van der Waals surface area contributed by atoms with E-state index in [9.17, 15) is 22.0 Å². The lowest BCUT2D eigenvalue weighted by molar-refractivity contribution is -0.0512. The number of halogens is 2. The zero-order valence-electron chi connectivity index (χ0n) is 17.0. The number of likely N-dealkylation sites (N-methyl/N-ethyl adjacent to an activating group) is 1. The predicted octanol–water partition coefficient (Wildman–Crippen LogP) is 2.49. The van der Waals surface area contributed by atoms with Crippen molar-refractivity contribution in [3.05, 3.63) is 48.0 Å². The van der Waals surface area contributed by atoms with E-state index in [2.05, 4.69) is 15.0 Å². The Kier molecular flexibility index (Phi) is 7.08. The number of hydrogen-bond acceptors (Lipinski definition) is 6. The number of alkyl halides is 2. The number of rotatable bonds is 7. The molecule has 2 aromatic carbocycles. The number of methoxy groups -OCH3 is 1. The molecule has 1 N–H and O–H groups in total. The highest BCUT2D eigenvalue weighted by Gasteiger charge is 2.27. The number of nitrogens with zero attached hydrogens (tertiary/aromatic N) is 2.